The Balaban J connectivity index is 3.13. The number of methoxy groups -OCH3 is 1. The molecule has 0 spiro atoms. The van der Waals surface area contributed by atoms with Gasteiger partial charge >= 0.3 is 7.12 Å². The van der Waals surface area contributed by atoms with E-state index in [4.69, 9.17) is 9.47 Å². The van der Waals surface area contributed by atoms with Gasteiger partial charge in [0.1, 0.15) is 11.5 Å². The Hall–Kier alpha value is -1.20. The van der Waals surface area contributed by atoms with Crippen molar-refractivity contribution >= 4 is 12.6 Å². The smallest absolute Gasteiger partial charge is 0.496 e. The summed E-state index contributed by atoms with van der Waals surface area (Å²) in [7, 11) is -0.129. The maximum Gasteiger partial charge on any atom is 0.496 e. The van der Waals surface area contributed by atoms with Crippen molar-refractivity contribution in [2.75, 3.05) is 7.11 Å². The van der Waals surface area contributed by atoms with E-state index in [2.05, 4.69) is 0 Å². The molecule has 0 atom stereocenters. The highest BCUT2D eigenvalue weighted by molar-refractivity contribution is 6.60. The molecule has 0 amide bonds. The van der Waals surface area contributed by atoms with E-state index in [0.717, 1.165) is 0 Å². The van der Waals surface area contributed by atoms with Gasteiger partial charge < -0.3 is 19.5 Å². The van der Waals surface area contributed by atoms with Gasteiger partial charge in [0.2, 0.25) is 0 Å². The maximum absolute atomic E-state index is 9.22. The van der Waals surface area contributed by atoms with E-state index in [0.29, 0.717) is 11.5 Å². The highest BCUT2D eigenvalue weighted by Gasteiger charge is 2.22. The van der Waals surface area contributed by atoms with Crippen LogP contribution in [0.3, 0.4) is 0 Å². The van der Waals surface area contributed by atoms with Crippen molar-refractivity contribution in [3.05, 3.63) is 18.2 Å². The van der Waals surface area contributed by atoms with Crippen molar-refractivity contribution < 1.29 is 19.5 Å². The second kappa shape index (κ2) is 5.05. The molecule has 0 aromatic heterocycles. The third-order valence-corrected chi connectivity index (χ3v) is 1.87. The monoisotopic (exact) mass is 210 g/mol. The summed E-state index contributed by atoms with van der Waals surface area (Å²) >= 11 is 0. The average Bonchev–Trinajstić information content (AvgIpc) is 2.15. The fraction of sp³-hybridized carbons (Fsp3) is 0.400. The van der Waals surface area contributed by atoms with Gasteiger partial charge in [-0.25, -0.2) is 0 Å². The number of ether oxygens (including phenoxy) is 2. The van der Waals surface area contributed by atoms with Crippen molar-refractivity contribution in [2.45, 2.75) is 20.0 Å². The third kappa shape index (κ3) is 2.87. The van der Waals surface area contributed by atoms with Gasteiger partial charge in [-0.2, -0.15) is 0 Å². The number of hydrogen-bond acceptors (Lipinski definition) is 4. The SMILES string of the molecule is COc1cccc(OC(C)C)c1B(O)O. The van der Waals surface area contributed by atoms with Gasteiger partial charge in [-0.3, -0.25) is 0 Å². The van der Waals surface area contributed by atoms with Gasteiger partial charge in [-0.15, -0.1) is 0 Å². The molecular formula is C10H15BO4. The molecule has 0 fully saturated rings. The van der Waals surface area contributed by atoms with E-state index in [9.17, 15) is 10.0 Å². The molecule has 0 aliphatic carbocycles. The molecule has 0 aliphatic rings. The van der Waals surface area contributed by atoms with E-state index < -0.39 is 7.12 Å². The van der Waals surface area contributed by atoms with E-state index in [-0.39, 0.29) is 11.6 Å². The second-order valence-electron chi connectivity index (χ2n) is 3.41. The van der Waals surface area contributed by atoms with Crippen LogP contribution in [0.1, 0.15) is 13.8 Å². The fourth-order valence-corrected chi connectivity index (χ4v) is 1.31. The fourth-order valence-electron chi connectivity index (χ4n) is 1.31. The molecule has 4 nitrogen and oxygen atoms in total. The second-order valence-corrected chi connectivity index (χ2v) is 3.41. The lowest BCUT2D eigenvalue weighted by Crippen LogP contribution is -2.33. The predicted octanol–water partition coefficient (Wildman–Crippen LogP) is 0.162. The van der Waals surface area contributed by atoms with Crippen molar-refractivity contribution in [3.63, 3.8) is 0 Å². The summed E-state index contributed by atoms with van der Waals surface area (Å²) < 4.78 is 10.5. The van der Waals surface area contributed by atoms with Crippen LogP contribution in [0.25, 0.3) is 0 Å². The van der Waals surface area contributed by atoms with Gasteiger partial charge in [-0.1, -0.05) is 6.07 Å². The third-order valence-electron chi connectivity index (χ3n) is 1.87. The highest BCUT2D eigenvalue weighted by atomic mass is 16.5. The Morgan fingerprint density at radius 1 is 1.20 bits per heavy atom. The van der Waals surface area contributed by atoms with Crippen LogP contribution in [0.15, 0.2) is 18.2 Å². The molecule has 0 unspecified atom stereocenters. The normalized spacial score (nSPS) is 10.3. The molecule has 1 rings (SSSR count). The summed E-state index contributed by atoms with van der Waals surface area (Å²) in [5, 5.41) is 18.4. The molecule has 0 aliphatic heterocycles. The summed E-state index contributed by atoms with van der Waals surface area (Å²) in [6.45, 7) is 3.74. The van der Waals surface area contributed by atoms with E-state index in [1.807, 2.05) is 13.8 Å². The lowest BCUT2D eigenvalue weighted by molar-refractivity contribution is 0.242. The number of benzene rings is 1. The van der Waals surface area contributed by atoms with Crippen molar-refractivity contribution in [2.24, 2.45) is 0 Å². The first-order chi connectivity index (χ1) is 7.06. The van der Waals surface area contributed by atoms with Gasteiger partial charge in [0.15, 0.2) is 0 Å². The first-order valence-electron chi connectivity index (χ1n) is 4.76. The molecule has 5 heteroatoms. The summed E-state index contributed by atoms with van der Waals surface area (Å²) in [6, 6.07) is 5.07. The number of hydrogen-bond donors (Lipinski definition) is 2. The molecule has 0 radical (unpaired) electrons. The van der Waals surface area contributed by atoms with E-state index in [1.54, 1.807) is 18.2 Å². The Morgan fingerprint density at radius 3 is 2.27 bits per heavy atom. The van der Waals surface area contributed by atoms with Gasteiger partial charge in [0.05, 0.1) is 18.7 Å². The van der Waals surface area contributed by atoms with Gasteiger partial charge in [0, 0.05) is 0 Å². The summed E-state index contributed by atoms with van der Waals surface area (Å²) in [5.74, 6) is 0.836. The zero-order chi connectivity index (χ0) is 11.4. The zero-order valence-corrected chi connectivity index (χ0v) is 9.10. The first kappa shape index (κ1) is 11.9. The largest absolute Gasteiger partial charge is 0.497 e. The quantitative estimate of drug-likeness (QED) is 0.695. The van der Waals surface area contributed by atoms with Crippen LogP contribution in [-0.4, -0.2) is 30.4 Å². The minimum atomic E-state index is -1.60. The molecule has 82 valence electrons. The molecule has 15 heavy (non-hydrogen) atoms. The van der Waals surface area contributed by atoms with Crippen LogP contribution in [-0.2, 0) is 0 Å². The molecule has 0 bridgehead atoms. The van der Waals surface area contributed by atoms with Crippen LogP contribution in [0, 0.1) is 0 Å². The average molecular weight is 210 g/mol. The summed E-state index contributed by atoms with van der Waals surface area (Å²) in [5.41, 5.74) is 0.258. The lowest BCUT2D eigenvalue weighted by Gasteiger charge is -2.16. The van der Waals surface area contributed by atoms with E-state index in [1.165, 1.54) is 7.11 Å². The number of rotatable bonds is 4. The molecule has 0 heterocycles. The van der Waals surface area contributed by atoms with Gasteiger partial charge in [0.25, 0.3) is 0 Å². The maximum atomic E-state index is 9.22. The molecule has 2 N–H and O–H groups in total. The minimum absolute atomic E-state index is 0.0328. The van der Waals surface area contributed by atoms with Gasteiger partial charge in [-0.05, 0) is 26.0 Å². The molecular weight excluding hydrogens is 195 g/mol. The summed E-state index contributed by atoms with van der Waals surface area (Å²) in [6.07, 6.45) is -0.0328. The highest BCUT2D eigenvalue weighted by Crippen LogP contribution is 2.17. The minimum Gasteiger partial charge on any atom is -0.497 e. The van der Waals surface area contributed by atoms with Crippen molar-refractivity contribution in [3.8, 4) is 11.5 Å². The van der Waals surface area contributed by atoms with Crippen molar-refractivity contribution in [1.29, 1.82) is 0 Å². The van der Waals surface area contributed by atoms with Crippen LogP contribution < -0.4 is 14.9 Å². The first-order valence-corrected chi connectivity index (χ1v) is 4.76. The predicted molar refractivity (Wildman–Crippen MR) is 58.6 cm³/mol. The standard InChI is InChI=1S/C10H15BO4/c1-7(2)15-9-6-4-5-8(14-3)10(9)11(12)13/h4-7,12-13H,1-3H3. The van der Waals surface area contributed by atoms with Crippen LogP contribution >= 0.6 is 0 Å². The molecule has 1 aromatic carbocycles. The van der Waals surface area contributed by atoms with E-state index >= 15 is 0 Å². The Morgan fingerprint density at radius 2 is 1.80 bits per heavy atom. The topological polar surface area (TPSA) is 58.9 Å². The van der Waals surface area contributed by atoms with Crippen LogP contribution in [0.5, 0.6) is 11.5 Å². The molecule has 0 saturated carbocycles. The van der Waals surface area contributed by atoms with Crippen molar-refractivity contribution in [1.82, 2.24) is 0 Å². The Labute approximate surface area is 89.6 Å². The van der Waals surface area contributed by atoms with Crippen LogP contribution in [0.2, 0.25) is 0 Å². The Bertz CT molecular complexity index is 325. The summed E-state index contributed by atoms with van der Waals surface area (Å²) in [4.78, 5) is 0. The molecule has 0 saturated heterocycles. The Kier molecular flexibility index (Phi) is 4.00. The van der Waals surface area contributed by atoms with Crippen LogP contribution in [0.4, 0.5) is 0 Å². The zero-order valence-electron chi connectivity index (χ0n) is 9.10. The molecule has 1 aromatic rings. The lowest BCUT2D eigenvalue weighted by atomic mass is 9.78.